The molecule has 0 bridgehead atoms. The first-order chi connectivity index (χ1) is 12.6. The van der Waals surface area contributed by atoms with E-state index in [9.17, 15) is 0 Å². The summed E-state index contributed by atoms with van der Waals surface area (Å²) in [5, 5.41) is 0. The Morgan fingerprint density at radius 2 is 1.48 bits per heavy atom. The molecule has 4 fully saturated rings. The molecule has 0 aliphatic heterocycles. The van der Waals surface area contributed by atoms with Crippen LogP contribution < -0.4 is 0 Å². The van der Waals surface area contributed by atoms with Crippen LogP contribution in [-0.4, -0.2) is 20.6 Å². The van der Waals surface area contributed by atoms with Gasteiger partial charge in [0.25, 0.3) is 0 Å². The molecule has 0 spiro atoms. The second-order valence-corrected chi connectivity index (χ2v) is 23.9. The van der Waals surface area contributed by atoms with E-state index in [0.717, 1.165) is 27.6 Å². The summed E-state index contributed by atoms with van der Waals surface area (Å²) in [7, 11) is -0.935. The molecule has 182 valence electrons. The Balaban J connectivity index is 0. The predicted octanol–water partition coefficient (Wildman–Crippen LogP) is 8.96. The van der Waals surface area contributed by atoms with Gasteiger partial charge >= 0.3 is 26.2 Å². The van der Waals surface area contributed by atoms with Gasteiger partial charge in [-0.25, -0.2) is 0 Å². The summed E-state index contributed by atoms with van der Waals surface area (Å²) in [6.45, 7) is 8.08. The summed E-state index contributed by atoms with van der Waals surface area (Å²) in [5.74, 6) is 5.71. The van der Waals surface area contributed by atoms with E-state index in [1.165, 1.54) is 29.8 Å². The number of hydrogen-bond donors (Lipinski definition) is 0. The van der Waals surface area contributed by atoms with E-state index in [0.29, 0.717) is 0 Å². The average Bonchev–Trinajstić information content (AvgIpc) is 3.38. The first-order valence-corrected chi connectivity index (χ1v) is 19.8. The van der Waals surface area contributed by atoms with Gasteiger partial charge in [0.15, 0.2) is 0 Å². The zero-order chi connectivity index (χ0) is 18.3. The summed E-state index contributed by atoms with van der Waals surface area (Å²) in [5.41, 5.74) is 2.51. The molecule has 10 unspecified atom stereocenters. The summed E-state index contributed by atoms with van der Waals surface area (Å²) >= 11 is 2.92. The third-order valence-corrected chi connectivity index (χ3v) is 25.7. The molecule has 0 amide bonds. The van der Waals surface area contributed by atoms with Crippen molar-refractivity contribution in [2.75, 3.05) is 0 Å². The minimum Gasteiger partial charge on any atom is -0.358 e. The van der Waals surface area contributed by atoms with Crippen molar-refractivity contribution in [3.63, 3.8) is 0 Å². The maximum atomic E-state index is 2.92. The molecule has 0 saturated heterocycles. The summed E-state index contributed by atoms with van der Waals surface area (Å²) in [6, 6.07) is 0. The maximum absolute atomic E-state index is 2.92. The molecule has 0 heterocycles. The molecule has 0 N–H and O–H groups in total. The van der Waals surface area contributed by atoms with E-state index in [4.69, 9.17) is 0 Å². The van der Waals surface area contributed by atoms with Crippen molar-refractivity contribution in [1.29, 1.82) is 0 Å². The summed E-state index contributed by atoms with van der Waals surface area (Å²) in [4.78, 5) is 0. The van der Waals surface area contributed by atoms with E-state index in [-0.39, 0.29) is 55.9 Å². The van der Waals surface area contributed by atoms with Crippen LogP contribution in [0.5, 0.6) is 0 Å². The van der Waals surface area contributed by atoms with Gasteiger partial charge in [0, 0.05) is 20.6 Å². The Morgan fingerprint density at radius 3 is 2.16 bits per heavy atom. The maximum Gasteiger partial charge on any atom is 4.00 e. The molecule has 4 rings (SSSR count). The molecular formula is C27H55ISi2Zr. The van der Waals surface area contributed by atoms with Crippen molar-refractivity contribution in [2.45, 2.75) is 112 Å². The van der Waals surface area contributed by atoms with E-state index < -0.39 is 16.6 Å². The molecule has 0 radical (unpaired) electrons. The third-order valence-electron chi connectivity index (χ3n) is 9.84. The minimum absolute atomic E-state index is 0. The first-order valence-electron chi connectivity index (χ1n) is 12.2. The average molecular weight is 654 g/mol. The molecule has 4 aliphatic carbocycles. The van der Waals surface area contributed by atoms with Crippen molar-refractivity contribution in [3.8, 4) is 0 Å². The van der Waals surface area contributed by atoms with Crippen molar-refractivity contribution in [2.24, 2.45) is 29.6 Å². The topological polar surface area (TPSA) is 0 Å². The minimum atomic E-state index is -0.480. The first kappa shape index (κ1) is 35.2. The van der Waals surface area contributed by atoms with Crippen LogP contribution in [0.25, 0.3) is 0 Å². The van der Waals surface area contributed by atoms with Crippen LogP contribution in [0.3, 0.4) is 0 Å². The standard InChI is InChI=1S/C23H43ISi2.4CH3.Zr/c1-4-5-7-16-10-11-18(14-16)25(2)26(3)22-13-12-20-21(22)15-17-8-6-9-19(17)23(20)24;;;;;/h16-23,25-26H,4-15H2,1-3H3;4*1H3;/q;4*-1;+4. The molecule has 4 heteroatoms. The Bertz CT molecular complexity index is 476. The fourth-order valence-corrected chi connectivity index (χ4v) is 22.5. The Hall–Kier alpha value is 2.05. The van der Waals surface area contributed by atoms with Gasteiger partial charge in [-0.2, -0.15) is 0 Å². The van der Waals surface area contributed by atoms with Gasteiger partial charge < -0.3 is 29.7 Å². The van der Waals surface area contributed by atoms with Crippen molar-refractivity contribution in [3.05, 3.63) is 29.7 Å². The van der Waals surface area contributed by atoms with Gasteiger partial charge in [0.05, 0.1) is 0 Å². The fourth-order valence-electron chi connectivity index (χ4n) is 8.14. The number of rotatable bonds is 6. The smallest absolute Gasteiger partial charge is 0.358 e. The van der Waals surface area contributed by atoms with E-state index >= 15 is 0 Å². The van der Waals surface area contributed by atoms with Crippen LogP contribution >= 0.6 is 22.6 Å². The second-order valence-electron chi connectivity index (χ2n) is 10.9. The Labute approximate surface area is 234 Å². The SMILES string of the molecule is CCCCC1CCC([SiH](C)[SiH](C)C2CCC3C(I)C4CCCC4CC32)C1.[CH3-].[CH3-].[CH3-].[CH3-].[Zr+4]. The quantitative estimate of drug-likeness (QED) is 0.116. The van der Waals surface area contributed by atoms with E-state index in [1.54, 1.807) is 64.2 Å². The monoisotopic (exact) mass is 652 g/mol. The van der Waals surface area contributed by atoms with Gasteiger partial charge in [-0.3, -0.25) is 0 Å². The van der Waals surface area contributed by atoms with Crippen molar-refractivity contribution >= 4 is 39.2 Å². The second kappa shape index (κ2) is 15.9. The third kappa shape index (κ3) is 7.52. The van der Waals surface area contributed by atoms with Crippen LogP contribution in [0.2, 0.25) is 24.2 Å². The van der Waals surface area contributed by atoms with E-state index in [1.807, 2.05) is 0 Å². The summed E-state index contributed by atoms with van der Waals surface area (Å²) < 4.78 is 1.05. The Kier molecular flexibility index (Phi) is 18.1. The number of hydrogen-bond acceptors (Lipinski definition) is 0. The molecule has 10 atom stereocenters. The van der Waals surface area contributed by atoms with Crippen LogP contribution in [-0.2, 0) is 26.2 Å². The Morgan fingerprint density at radius 1 is 0.774 bits per heavy atom. The molecule has 0 aromatic heterocycles. The molecule has 0 aromatic rings. The van der Waals surface area contributed by atoms with Crippen LogP contribution in [0, 0.1) is 59.3 Å². The zero-order valence-corrected chi connectivity index (χ0v) is 29.1. The summed E-state index contributed by atoms with van der Waals surface area (Å²) in [6.07, 6.45) is 19.0. The molecule has 31 heavy (non-hydrogen) atoms. The number of unbranched alkanes of at least 4 members (excludes halogenated alkanes) is 1. The molecule has 0 nitrogen and oxygen atoms in total. The molecule has 4 aliphatic rings. The van der Waals surface area contributed by atoms with Gasteiger partial charge in [-0.1, -0.05) is 106 Å². The number of halogens is 1. The fraction of sp³-hybridized carbons (Fsp3) is 0.852. The van der Waals surface area contributed by atoms with Crippen LogP contribution in [0.1, 0.15) is 84.0 Å². The van der Waals surface area contributed by atoms with E-state index in [2.05, 4.69) is 42.6 Å². The number of fused-ring (bicyclic) bond motifs is 2. The molecular weight excluding hydrogens is 599 g/mol. The van der Waals surface area contributed by atoms with Crippen LogP contribution in [0.15, 0.2) is 0 Å². The van der Waals surface area contributed by atoms with Crippen molar-refractivity contribution < 1.29 is 26.2 Å². The number of alkyl halides is 1. The zero-order valence-electron chi connectivity index (χ0n) is 22.1. The largest absolute Gasteiger partial charge is 4.00 e. The van der Waals surface area contributed by atoms with Gasteiger partial charge in [0.1, 0.15) is 0 Å². The molecule has 4 saturated carbocycles. The van der Waals surface area contributed by atoms with Gasteiger partial charge in [0.2, 0.25) is 0 Å². The molecule has 0 aromatic carbocycles. The van der Waals surface area contributed by atoms with Gasteiger partial charge in [-0.15, -0.1) is 0 Å². The van der Waals surface area contributed by atoms with Gasteiger partial charge in [-0.05, 0) is 54.4 Å². The van der Waals surface area contributed by atoms with Crippen molar-refractivity contribution in [1.82, 2.24) is 0 Å². The van der Waals surface area contributed by atoms with Crippen LogP contribution in [0.4, 0.5) is 0 Å². The normalized spacial score (nSPS) is 39.9. The predicted molar refractivity (Wildman–Crippen MR) is 156 cm³/mol.